The average molecular weight is 224 g/mol. The maximum atomic E-state index is 11.4. The Hall–Kier alpha value is -0.830. The van der Waals surface area contributed by atoms with Gasteiger partial charge in [0.25, 0.3) is 0 Å². The molecule has 3 heteroatoms. The predicted molar refractivity (Wildman–Crippen MR) is 67.3 cm³/mol. The molecule has 0 radical (unpaired) electrons. The van der Waals surface area contributed by atoms with Gasteiger partial charge in [-0.25, -0.2) is 0 Å². The number of hydrogen-bond acceptors (Lipinski definition) is 2. The molecule has 92 valence electrons. The van der Waals surface area contributed by atoms with Gasteiger partial charge in [-0.15, -0.1) is 0 Å². The average Bonchev–Trinajstić information content (AvgIpc) is 2.19. The molecule has 0 saturated carbocycles. The fraction of sp³-hybridized carbons (Fsp3) is 0.769. The van der Waals surface area contributed by atoms with Crippen LogP contribution in [0.2, 0.25) is 0 Å². The van der Waals surface area contributed by atoms with Crippen molar-refractivity contribution in [1.29, 1.82) is 0 Å². The van der Waals surface area contributed by atoms with Gasteiger partial charge < -0.3 is 5.32 Å². The maximum absolute atomic E-state index is 11.4. The number of nitrogens with one attached hydrogen (secondary N) is 1. The van der Waals surface area contributed by atoms with Gasteiger partial charge in [-0.1, -0.05) is 12.0 Å². The lowest BCUT2D eigenvalue weighted by Gasteiger charge is -2.33. The van der Waals surface area contributed by atoms with Crippen LogP contribution in [0.3, 0.4) is 0 Å². The fourth-order valence-corrected chi connectivity index (χ4v) is 2.13. The lowest BCUT2D eigenvalue weighted by molar-refractivity contribution is -0.116. The lowest BCUT2D eigenvalue weighted by Crippen LogP contribution is -2.42. The van der Waals surface area contributed by atoms with Crippen LogP contribution in [-0.2, 0) is 4.79 Å². The van der Waals surface area contributed by atoms with E-state index in [0.29, 0.717) is 6.04 Å². The summed E-state index contributed by atoms with van der Waals surface area (Å²) in [5, 5.41) is 2.92. The molecule has 1 aliphatic rings. The van der Waals surface area contributed by atoms with Crippen molar-refractivity contribution in [2.45, 2.75) is 46.1 Å². The quantitative estimate of drug-likeness (QED) is 0.740. The number of rotatable bonds is 4. The van der Waals surface area contributed by atoms with Crippen LogP contribution in [0.25, 0.3) is 0 Å². The molecule has 1 atom stereocenters. The predicted octanol–water partition coefficient (Wildman–Crippen LogP) is 1.94. The molecular weight excluding hydrogens is 200 g/mol. The lowest BCUT2D eigenvalue weighted by atomic mass is 10.0. The van der Waals surface area contributed by atoms with Crippen molar-refractivity contribution in [2.75, 3.05) is 19.6 Å². The first kappa shape index (κ1) is 13.2. The molecule has 1 rings (SSSR count). The second-order valence-electron chi connectivity index (χ2n) is 4.89. The van der Waals surface area contributed by atoms with Crippen LogP contribution in [0, 0.1) is 0 Å². The number of carbonyl (C=O) groups is 1. The van der Waals surface area contributed by atoms with Crippen molar-refractivity contribution >= 4 is 5.91 Å². The Bertz CT molecular complexity index is 257. The smallest absolute Gasteiger partial charge is 0.243 e. The van der Waals surface area contributed by atoms with Gasteiger partial charge in [-0.05, 0) is 40.2 Å². The molecule has 1 amide bonds. The molecule has 1 saturated heterocycles. The van der Waals surface area contributed by atoms with Gasteiger partial charge >= 0.3 is 0 Å². The van der Waals surface area contributed by atoms with Crippen molar-refractivity contribution in [3.63, 3.8) is 0 Å². The van der Waals surface area contributed by atoms with Gasteiger partial charge in [0.1, 0.15) is 0 Å². The Labute approximate surface area is 98.9 Å². The third-order valence-corrected chi connectivity index (χ3v) is 3.06. The molecule has 0 aromatic carbocycles. The summed E-state index contributed by atoms with van der Waals surface area (Å²) >= 11 is 0. The molecule has 1 N–H and O–H groups in total. The summed E-state index contributed by atoms with van der Waals surface area (Å²) in [6.45, 7) is 9.06. The highest BCUT2D eigenvalue weighted by molar-refractivity contribution is 5.87. The van der Waals surface area contributed by atoms with Gasteiger partial charge in [0.2, 0.25) is 5.91 Å². The van der Waals surface area contributed by atoms with E-state index < -0.39 is 0 Å². The van der Waals surface area contributed by atoms with Crippen LogP contribution in [0.5, 0.6) is 0 Å². The Kier molecular flexibility index (Phi) is 5.53. The van der Waals surface area contributed by atoms with Crippen molar-refractivity contribution in [1.82, 2.24) is 10.2 Å². The third-order valence-electron chi connectivity index (χ3n) is 3.06. The minimum absolute atomic E-state index is 0.0321. The number of amides is 1. The van der Waals surface area contributed by atoms with E-state index in [2.05, 4.69) is 17.1 Å². The standard InChI is InChI=1S/C13H24N2O/c1-11(2)10-13(16)14-7-9-15-8-5-4-6-12(15)3/h10,12H,4-9H2,1-3H3,(H,14,16)/t12-/m0/s1. The van der Waals surface area contributed by atoms with Crippen LogP contribution in [0.15, 0.2) is 11.6 Å². The normalized spacial score (nSPS) is 21.6. The molecular formula is C13H24N2O. The Morgan fingerprint density at radius 2 is 2.19 bits per heavy atom. The van der Waals surface area contributed by atoms with Gasteiger partial charge in [0, 0.05) is 25.2 Å². The largest absolute Gasteiger partial charge is 0.351 e. The highest BCUT2D eigenvalue weighted by atomic mass is 16.1. The molecule has 1 fully saturated rings. The fourth-order valence-electron chi connectivity index (χ4n) is 2.13. The van der Waals surface area contributed by atoms with E-state index in [1.54, 1.807) is 6.08 Å². The molecule has 0 spiro atoms. The molecule has 16 heavy (non-hydrogen) atoms. The van der Waals surface area contributed by atoms with E-state index in [9.17, 15) is 4.79 Å². The van der Waals surface area contributed by atoms with E-state index >= 15 is 0 Å². The van der Waals surface area contributed by atoms with E-state index in [1.165, 1.54) is 25.8 Å². The second-order valence-corrected chi connectivity index (χ2v) is 4.89. The Morgan fingerprint density at radius 3 is 2.81 bits per heavy atom. The summed E-state index contributed by atoms with van der Waals surface area (Å²) in [5.74, 6) is 0.0321. The van der Waals surface area contributed by atoms with Crippen molar-refractivity contribution in [2.24, 2.45) is 0 Å². The zero-order valence-corrected chi connectivity index (χ0v) is 10.8. The zero-order chi connectivity index (χ0) is 12.0. The first-order valence-electron chi connectivity index (χ1n) is 6.26. The second kappa shape index (κ2) is 6.69. The van der Waals surface area contributed by atoms with Crippen LogP contribution in [0.4, 0.5) is 0 Å². The number of likely N-dealkylation sites (tertiary alicyclic amines) is 1. The van der Waals surface area contributed by atoms with Crippen LogP contribution < -0.4 is 5.32 Å². The molecule has 0 bridgehead atoms. The molecule has 1 aliphatic heterocycles. The highest BCUT2D eigenvalue weighted by Crippen LogP contribution is 2.15. The first-order valence-corrected chi connectivity index (χ1v) is 6.26. The zero-order valence-electron chi connectivity index (χ0n) is 10.8. The first-order chi connectivity index (χ1) is 7.59. The SMILES string of the molecule is CC(C)=CC(=O)NCCN1CCCC[C@@H]1C. The molecule has 0 aromatic rings. The molecule has 0 unspecified atom stereocenters. The summed E-state index contributed by atoms with van der Waals surface area (Å²) in [6.07, 6.45) is 5.59. The van der Waals surface area contributed by atoms with E-state index in [0.717, 1.165) is 18.7 Å². The molecule has 0 aliphatic carbocycles. The van der Waals surface area contributed by atoms with Crippen LogP contribution in [-0.4, -0.2) is 36.5 Å². The Balaban J connectivity index is 2.19. The van der Waals surface area contributed by atoms with Gasteiger partial charge in [0.05, 0.1) is 0 Å². The molecule has 3 nitrogen and oxygen atoms in total. The summed E-state index contributed by atoms with van der Waals surface area (Å²) in [6, 6.07) is 0.675. The number of allylic oxidation sites excluding steroid dienone is 1. The summed E-state index contributed by atoms with van der Waals surface area (Å²) in [5.41, 5.74) is 1.05. The summed E-state index contributed by atoms with van der Waals surface area (Å²) < 4.78 is 0. The van der Waals surface area contributed by atoms with Gasteiger partial charge in [0.15, 0.2) is 0 Å². The number of piperidine rings is 1. The summed E-state index contributed by atoms with van der Waals surface area (Å²) in [4.78, 5) is 13.8. The van der Waals surface area contributed by atoms with Crippen LogP contribution in [0.1, 0.15) is 40.0 Å². The maximum Gasteiger partial charge on any atom is 0.243 e. The van der Waals surface area contributed by atoms with E-state index in [-0.39, 0.29) is 5.91 Å². The van der Waals surface area contributed by atoms with E-state index in [1.807, 2.05) is 13.8 Å². The van der Waals surface area contributed by atoms with Crippen LogP contribution >= 0.6 is 0 Å². The van der Waals surface area contributed by atoms with Crippen molar-refractivity contribution < 1.29 is 4.79 Å². The minimum atomic E-state index is 0.0321. The van der Waals surface area contributed by atoms with Crippen molar-refractivity contribution in [3.05, 3.63) is 11.6 Å². The van der Waals surface area contributed by atoms with Gasteiger partial charge in [-0.3, -0.25) is 9.69 Å². The van der Waals surface area contributed by atoms with E-state index in [4.69, 9.17) is 0 Å². The molecule has 0 aromatic heterocycles. The summed E-state index contributed by atoms with van der Waals surface area (Å²) in [7, 11) is 0. The monoisotopic (exact) mass is 224 g/mol. The topological polar surface area (TPSA) is 32.3 Å². The van der Waals surface area contributed by atoms with Crippen molar-refractivity contribution in [3.8, 4) is 0 Å². The minimum Gasteiger partial charge on any atom is -0.351 e. The third kappa shape index (κ3) is 4.79. The highest BCUT2D eigenvalue weighted by Gasteiger charge is 2.17. The number of carbonyl (C=O) groups excluding carboxylic acids is 1. The number of nitrogens with zero attached hydrogens (tertiary/aromatic N) is 1. The van der Waals surface area contributed by atoms with Gasteiger partial charge in [-0.2, -0.15) is 0 Å². The number of hydrogen-bond donors (Lipinski definition) is 1. The Morgan fingerprint density at radius 1 is 1.44 bits per heavy atom. The molecule has 1 heterocycles.